The lowest BCUT2D eigenvalue weighted by Gasteiger charge is -2.22. The van der Waals surface area contributed by atoms with Crippen LogP contribution in [0.2, 0.25) is 0 Å². The summed E-state index contributed by atoms with van der Waals surface area (Å²) in [5.41, 5.74) is 2.15. The molecule has 2 aliphatic heterocycles. The average Bonchev–Trinajstić information content (AvgIpc) is 3.03. The van der Waals surface area contributed by atoms with Crippen molar-refractivity contribution in [1.82, 2.24) is 5.32 Å². The summed E-state index contributed by atoms with van der Waals surface area (Å²) in [5.74, 6) is 0.259. The molecule has 2 heterocycles. The van der Waals surface area contributed by atoms with Gasteiger partial charge in [-0.3, -0.25) is 4.79 Å². The first kappa shape index (κ1) is 13.4. The topological polar surface area (TPSA) is 44.4 Å². The zero-order valence-electron chi connectivity index (χ0n) is 11.9. The highest BCUT2D eigenvalue weighted by molar-refractivity contribution is 5.93. The van der Waals surface area contributed by atoms with Crippen molar-refractivity contribution in [3.63, 3.8) is 0 Å². The van der Waals surface area contributed by atoms with Gasteiger partial charge in [-0.15, -0.1) is 0 Å². The van der Waals surface area contributed by atoms with E-state index in [0.717, 1.165) is 44.7 Å². The number of carbonyl (C=O) groups excluding carboxylic acids is 1. The zero-order chi connectivity index (χ0) is 13.8. The van der Waals surface area contributed by atoms with Gasteiger partial charge in [-0.05, 0) is 50.4 Å². The summed E-state index contributed by atoms with van der Waals surface area (Å²) < 4.78 is 0. The number of hydrogen-bond donors (Lipinski definition) is 2. The summed E-state index contributed by atoms with van der Waals surface area (Å²) in [6.45, 7) is 4.10. The summed E-state index contributed by atoms with van der Waals surface area (Å²) in [6, 6.07) is 8.23. The monoisotopic (exact) mass is 273 g/mol. The van der Waals surface area contributed by atoms with Crippen molar-refractivity contribution < 1.29 is 4.79 Å². The molecule has 4 nitrogen and oxygen atoms in total. The molecule has 1 aromatic rings. The number of benzene rings is 1. The summed E-state index contributed by atoms with van der Waals surface area (Å²) in [5, 5.41) is 6.36. The Kier molecular flexibility index (Phi) is 4.21. The van der Waals surface area contributed by atoms with Crippen LogP contribution in [0.3, 0.4) is 0 Å². The van der Waals surface area contributed by atoms with Crippen LogP contribution in [0, 0.1) is 5.92 Å². The molecule has 2 N–H and O–H groups in total. The van der Waals surface area contributed by atoms with Crippen LogP contribution in [0.4, 0.5) is 11.4 Å². The standard InChI is InChI=1S/C16H23N3O/c20-16(13-5-4-8-17-12-13)18-14-6-3-7-15(11-14)19-9-1-2-10-19/h3,6-7,11,13,17H,1-2,4-5,8-10,12H2,(H,18,20). The highest BCUT2D eigenvalue weighted by Gasteiger charge is 2.21. The van der Waals surface area contributed by atoms with Crippen LogP contribution in [0.5, 0.6) is 0 Å². The third-order valence-electron chi connectivity index (χ3n) is 4.25. The number of nitrogens with one attached hydrogen (secondary N) is 2. The largest absolute Gasteiger partial charge is 0.371 e. The molecule has 1 unspecified atom stereocenters. The fourth-order valence-corrected chi connectivity index (χ4v) is 3.08. The van der Waals surface area contributed by atoms with E-state index in [0.29, 0.717) is 0 Å². The van der Waals surface area contributed by atoms with E-state index >= 15 is 0 Å². The van der Waals surface area contributed by atoms with Gasteiger partial charge in [0.2, 0.25) is 5.91 Å². The number of anilines is 2. The number of nitrogens with zero attached hydrogens (tertiary/aromatic N) is 1. The lowest BCUT2D eigenvalue weighted by atomic mass is 9.99. The first-order chi connectivity index (χ1) is 9.83. The number of piperidine rings is 1. The summed E-state index contributed by atoms with van der Waals surface area (Å²) in [7, 11) is 0. The van der Waals surface area contributed by atoms with Gasteiger partial charge in [0.15, 0.2) is 0 Å². The van der Waals surface area contributed by atoms with Crippen molar-refractivity contribution in [2.45, 2.75) is 25.7 Å². The average molecular weight is 273 g/mol. The number of hydrogen-bond acceptors (Lipinski definition) is 3. The molecular formula is C16H23N3O. The molecule has 0 aromatic heterocycles. The zero-order valence-corrected chi connectivity index (χ0v) is 11.9. The molecule has 2 saturated heterocycles. The Morgan fingerprint density at radius 2 is 2.10 bits per heavy atom. The van der Waals surface area contributed by atoms with E-state index in [-0.39, 0.29) is 11.8 Å². The van der Waals surface area contributed by atoms with Crippen molar-refractivity contribution >= 4 is 17.3 Å². The molecule has 0 saturated carbocycles. The SMILES string of the molecule is O=C(Nc1cccc(N2CCCC2)c1)C1CCCNC1. The fourth-order valence-electron chi connectivity index (χ4n) is 3.08. The molecule has 2 fully saturated rings. The van der Waals surface area contributed by atoms with Crippen molar-refractivity contribution in [3.05, 3.63) is 24.3 Å². The third kappa shape index (κ3) is 3.12. The van der Waals surface area contributed by atoms with Crippen molar-refractivity contribution in [1.29, 1.82) is 0 Å². The summed E-state index contributed by atoms with van der Waals surface area (Å²) in [6.07, 6.45) is 4.62. The Morgan fingerprint density at radius 3 is 2.85 bits per heavy atom. The second-order valence-electron chi connectivity index (χ2n) is 5.78. The smallest absolute Gasteiger partial charge is 0.228 e. The van der Waals surface area contributed by atoms with Crippen LogP contribution in [0.1, 0.15) is 25.7 Å². The van der Waals surface area contributed by atoms with E-state index in [1.54, 1.807) is 0 Å². The van der Waals surface area contributed by atoms with Gasteiger partial charge in [0, 0.05) is 31.0 Å². The van der Waals surface area contributed by atoms with Gasteiger partial charge in [0.25, 0.3) is 0 Å². The second-order valence-corrected chi connectivity index (χ2v) is 5.78. The molecule has 0 aliphatic carbocycles. The van der Waals surface area contributed by atoms with Gasteiger partial charge in [-0.1, -0.05) is 6.07 Å². The Labute approximate surface area is 120 Å². The molecule has 0 spiro atoms. The molecule has 2 aliphatic rings. The molecule has 20 heavy (non-hydrogen) atoms. The lowest BCUT2D eigenvalue weighted by molar-refractivity contribution is -0.120. The van der Waals surface area contributed by atoms with E-state index in [2.05, 4.69) is 27.7 Å². The predicted octanol–water partition coefficient (Wildman–Crippen LogP) is 2.22. The Morgan fingerprint density at radius 1 is 1.25 bits per heavy atom. The summed E-state index contributed by atoms with van der Waals surface area (Å²) >= 11 is 0. The van der Waals surface area contributed by atoms with Gasteiger partial charge in [0.1, 0.15) is 0 Å². The molecule has 4 heteroatoms. The van der Waals surface area contributed by atoms with Gasteiger partial charge < -0.3 is 15.5 Å². The highest BCUT2D eigenvalue weighted by Crippen LogP contribution is 2.24. The minimum absolute atomic E-state index is 0.110. The number of rotatable bonds is 3. The van der Waals surface area contributed by atoms with Crippen molar-refractivity contribution in [3.8, 4) is 0 Å². The van der Waals surface area contributed by atoms with Crippen molar-refractivity contribution in [2.24, 2.45) is 5.92 Å². The predicted molar refractivity (Wildman–Crippen MR) is 82.1 cm³/mol. The lowest BCUT2D eigenvalue weighted by Crippen LogP contribution is -2.37. The number of amides is 1. The Balaban J connectivity index is 1.64. The second kappa shape index (κ2) is 6.27. The molecule has 0 bridgehead atoms. The minimum Gasteiger partial charge on any atom is -0.371 e. The maximum absolute atomic E-state index is 12.2. The first-order valence-corrected chi connectivity index (χ1v) is 7.69. The Bertz CT molecular complexity index is 463. The number of carbonyl (C=O) groups is 1. The molecule has 1 atom stereocenters. The third-order valence-corrected chi connectivity index (χ3v) is 4.25. The van der Waals surface area contributed by atoms with E-state index in [4.69, 9.17) is 0 Å². The van der Waals surface area contributed by atoms with Crippen LogP contribution in [-0.4, -0.2) is 32.1 Å². The van der Waals surface area contributed by atoms with Crippen LogP contribution in [0.15, 0.2) is 24.3 Å². The van der Waals surface area contributed by atoms with Crippen molar-refractivity contribution in [2.75, 3.05) is 36.4 Å². The molecule has 3 rings (SSSR count). The molecule has 108 valence electrons. The highest BCUT2D eigenvalue weighted by atomic mass is 16.1. The fraction of sp³-hybridized carbons (Fsp3) is 0.562. The molecule has 1 aromatic carbocycles. The van der Waals surface area contributed by atoms with Crippen LogP contribution in [-0.2, 0) is 4.79 Å². The maximum atomic E-state index is 12.2. The van der Waals surface area contributed by atoms with Gasteiger partial charge in [-0.2, -0.15) is 0 Å². The van der Waals surface area contributed by atoms with Gasteiger partial charge in [0.05, 0.1) is 5.92 Å². The summed E-state index contributed by atoms with van der Waals surface area (Å²) in [4.78, 5) is 14.6. The van der Waals surface area contributed by atoms with E-state index in [9.17, 15) is 4.79 Å². The van der Waals surface area contributed by atoms with Gasteiger partial charge >= 0.3 is 0 Å². The first-order valence-electron chi connectivity index (χ1n) is 7.69. The molecule has 0 radical (unpaired) electrons. The van der Waals surface area contributed by atoms with Gasteiger partial charge in [-0.25, -0.2) is 0 Å². The maximum Gasteiger partial charge on any atom is 0.228 e. The minimum atomic E-state index is 0.110. The van der Waals surface area contributed by atoms with Crippen LogP contribution < -0.4 is 15.5 Å². The Hall–Kier alpha value is -1.55. The molecular weight excluding hydrogens is 250 g/mol. The van der Waals surface area contributed by atoms with E-state index < -0.39 is 0 Å². The van der Waals surface area contributed by atoms with Crippen LogP contribution >= 0.6 is 0 Å². The molecule has 1 amide bonds. The van der Waals surface area contributed by atoms with E-state index in [1.807, 2.05) is 12.1 Å². The quantitative estimate of drug-likeness (QED) is 0.887. The van der Waals surface area contributed by atoms with E-state index in [1.165, 1.54) is 18.5 Å². The van der Waals surface area contributed by atoms with Crippen LogP contribution in [0.25, 0.3) is 0 Å². The normalized spacial score (nSPS) is 22.8.